The van der Waals surface area contributed by atoms with E-state index in [-0.39, 0.29) is 0 Å². The normalized spacial score (nSPS) is 11.7. The summed E-state index contributed by atoms with van der Waals surface area (Å²) in [5.41, 5.74) is 14.7. The summed E-state index contributed by atoms with van der Waals surface area (Å²) >= 11 is 0. The van der Waals surface area contributed by atoms with Crippen molar-refractivity contribution in [1.82, 2.24) is 14.5 Å². The molecule has 0 amide bonds. The fraction of sp³-hybridized carbons (Fsp3) is 0. The number of nitrogens with zero attached hydrogens (tertiary/aromatic N) is 3. The Morgan fingerprint density at radius 2 is 0.883 bits per heavy atom. The molecule has 9 aromatic carbocycles. The van der Waals surface area contributed by atoms with Crippen molar-refractivity contribution in [1.29, 1.82) is 0 Å². The van der Waals surface area contributed by atoms with Gasteiger partial charge in [-0.2, -0.15) is 0 Å². The maximum Gasteiger partial charge on any atom is 0.160 e. The fourth-order valence-electron chi connectivity index (χ4n) is 9.02. The number of furan rings is 1. The van der Waals surface area contributed by atoms with Crippen molar-refractivity contribution in [2.75, 3.05) is 0 Å². The average Bonchev–Trinajstić information content (AvgIpc) is 3.87. The van der Waals surface area contributed by atoms with Crippen LogP contribution in [0.4, 0.5) is 0 Å². The van der Waals surface area contributed by atoms with Crippen molar-refractivity contribution in [2.45, 2.75) is 0 Å². The first kappa shape index (κ1) is 34.0. The molecule has 280 valence electrons. The molecule has 0 saturated heterocycles. The van der Waals surface area contributed by atoms with Crippen molar-refractivity contribution in [3.63, 3.8) is 0 Å². The standard InChI is InChI=1S/C56H35N3O/c1-3-14-36(15-4-1)50-35-51(37-16-5-2-6-17-37)58-56(57-50)38-28-31-40(32-29-38)59-52-26-9-7-18-45(52)49-34-39(30-33-53(49)59)41-20-11-22-43-42(41)21-12-23-44(43)47-24-13-25-48-46-19-8-10-27-54(46)60-55(47)48/h1-35H. The lowest BCUT2D eigenvalue weighted by Gasteiger charge is -2.13. The summed E-state index contributed by atoms with van der Waals surface area (Å²) < 4.78 is 8.86. The summed E-state index contributed by atoms with van der Waals surface area (Å²) in [6.07, 6.45) is 0. The van der Waals surface area contributed by atoms with E-state index in [4.69, 9.17) is 14.4 Å². The molecule has 3 aromatic heterocycles. The average molecular weight is 766 g/mol. The number of para-hydroxylation sites is 3. The Labute approximate surface area is 346 Å². The van der Waals surface area contributed by atoms with Gasteiger partial charge in [-0.3, -0.25) is 0 Å². The Balaban J connectivity index is 0.958. The lowest BCUT2D eigenvalue weighted by Crippen LogP contribution is -1.97. The van der Waals surface area contributed by atoms with Gasteiger partial charge in [0.25, 0.3) is 0 Å². The van der Waals surface area contributed by atoms with E-state index >= 15 is 0 Å². The lowest BCUT2D eigenvalue weighted by molar-refractivity contribution is 0.670. The molecule has 0 aliphatic carbocycles. The van der Waals surface area contributed by atoms with Gasteiger partial charge in [-0.15, -0.1) is 0 Å². The van der Waals surface area contributed by atoms with Gasteiger partial charge in [-0.05, 0) is 82.1 Å². The molecule has 0 N–H and O–H groups in total. The van der Waals surface area contributed by atoms with E-state index in [1.165, 1.54) is 32.7 Å². The van der Waals surface area contributed by atoms with Gasteiger partial charge in [0.1, 0.15) is 11.2 Å². The SMILES string of the molecule is c1ccc(-c2cc(-c3ccccc3)nc(-c3ccc(-n4c5ccccc5c5cc(-c6cccc7c(-c8cccc9c8oc8ccccc89)cccc67)ccc54)cc3)n2)cc1. The maximum atomic E-state index is 6.49. The molecule has 0 spiro atoms. The molecule has 0 bridgehead atoms. The number of aromatic nitrogens is 3. The summed E-state index contributed by atoms with van der Waals surface area (Å²) in [6.45, 7) is 0. The van der Waals surface area contributed by atoms with Gasteiger partial charge in [0.15, 0.2) is 5.82 Å². The van der Waals surface area contributed by atoms with Crippen molar-refractivity contribution in [3.8, 4) is 61.8 Å². The molecular formula is C56H35N3O. The Bertz CT molecular complexity index is 3530. The molecule has 0 aliphatic rings. The molecule has 0 unspecified atom stereocenters. The van der Waals surface area contributed by atoms with Crippen molar-refractivity contribution in [3.05, 3.63) is 212 Å². The number of hydrogen-bond acceptors (Lipinski definition) is 3. The van der Waals surface area contributed by atoms with Crippen LogP contribution in [0.5, 0.6) is 0 Å². The molecule has 0 fully saturated rings. The van der Waals surface area contributed by atoms with Crippen LogP contribution in [0.1, 0.15) is 0 Å². The highest BCUT2D eigenvalue weighted by Crippen LogP contribution is 2.42. The van der Waals surface area contributed by atoms with Gasteiger partial charge < -0.3 is 8.98 Å². The molecule has 3 heterocycles. The minimum Gasteiger partial charge on any atom is -0.455 e. The Kier molecular flexibility index (Phi) is 7.82. The Morgan fingerprint density at radius 1 is 0.333 bits per heavy atom. The van der Waals surface area contributed by atoms with Crippen LogP contribution >= 0.6 is 0 Å². The van der Waals surface area contributed by atoms with Crippen LogP contribution in [0, 0.1) is 0 Å². The van der Waals surface area contributed by atoms with Crippen LogP contribution in [0.2, 0.25) is 0 Å². The molecule has 4 nitrogen and oxygen atoms in total. The topological polar surface area (TPSA) is 43.9 Å². The second kappa shape index (κ2) is 13.8. The minimum absolute atomic E-state index is 0.695. The summed E-state index contributed by atoms with van der Waals surface area (Å²) in [4.78, 5) is 10.1. The van der Waals surface area contributed by atoms with Crippen molar-refractivity contribution < 1.29 is 4.42 Å². The van der Waals surface area contributed by atoms with Crippen LogP contribution in [0.3, 0.4) is 0 Å². The molecule has 12 aromatic rings. The quantitative estimate of drug-likeness (QED) is 0.169. The van der Waals surface area contributed by atoms with Gasteiger partial charge in [0.05, 0.1) is 22.4 Å². The van der Waals surface area contributed by atoms with Crippen LogP contribution < -0.4 is 0 Å². The van der Waals surface area contributed by atoms with E-state index in [0.717, 1.165) is 77.9 Å². The van der Waals surface area contributed by atoms with E-state index in [2.05, 4.69) is 168 Å². The fourth-order valence-corrected chi connectivity index (χ4v) is 9.02. The van der Waals surface area contributed by atoms with Gasteiger partial charge >= 0.3 is 0 Å². The minimum atomic E-state index is 0.695. The summed E-state index contributed by atoms with van der Waals surface area (Å²) in [5.74, 6) is 0.695. The monoisotopic (exact) mass is 765 g/mol. The highest BCUT2D eigenvalue weighted by Gasteiger charge is 2.18. The van der Waals surface area contributed by atoms with Crippen LogP contribution in [0.25, 0.3) is 116 Å². The maximum absolute atomic E-state index is 6.49. The van der Waals surface area contributed by atoms with Crippen molar-refractivity contribution in [2.24, 2.45) is 0 Å². The van der Waals surface area contributed by atoms with Gasteiger partial charge in [0, 0.05) is 49.5 Å². The third-order valence-corrected chi connectivity index (χ3v) is 11.8. The number of hydrogen-bond donors (Lipinski definition) is 0. The van der Waals surface area contributed by atoms with E-state index in [0.29, 0.717) is 5.82 Å². The number of rotatable bonds is 6. The third kappa shape index (κ3) is 5.53. The molecule has 0 radical (unpaired) electrons. The van der Waals surface area contributed by atoms with Crippen LogP contribution in [-0.4, -0.2) is 14.5 Å². The largest absolute Gasteiger partial charge is 0.455 e. The van der Waals surface area contributed by atoms with Crippen LogP contribution in [-0.2, 0) is 0 Å². The second-order valence-electron chi connectivity index (χ2n) is 15.3. The Hall–Kier alpha value is -8.08. The first-order valence-electron chi connectivity index (χ1n) is 20.3. The highest BCUT2D eigenvalue weighted by molar-refractivity contribution is 6.15. The highest BCUT2D eigenvalue weighted by atomic mass is 16.3. The van der Waals surface area contributed by atoms with E-state index < -0.39 is 0 Å². The first-order valence-corrected chi connectivity index (χ1v) is 20.3. The molecule has 60 heavy (non-hydrogen) atoms. The molecule has 4 heteroatoms. The number of fused-ring (bicyclic) bond motifs is 7. The lowest BCUT2D eigenvalue weighted by atomic mass is 9.92. The Morgan fingerprint density at radius 3 is 1.62 bits per heavy atom. The zero-order chi connectivity index (χ0) is 39.6. The third-order valence-electron chi connectivity index (χ3n) is 11.8. The smallest absolute Gasteiger partial charge is 0.160 e. The zero-order valence-corrected chi connectivity index (χ0v) is 32.5. The summed E-state index contributed by atoms with van der Waals surface area (Å²) in [6, 6.07) is 75.0. The zero-order valence-electron chi connectivity index (χ0n) is 32.5. The summed E-state index contributed by atoms with van der Waals surface area (Å²) in [7, 11) is 0. The van der Waals surface area contributed by atoms with Gasteiger partial charge in [-0.1, -0.05) is 158 Å². The second-order valence-corrected chi connectivity index (χ2v) is 15.3. The van der Waals surface area contributed by atoms with Crippen molar-refractivity contribution >= 4 is 54.5 Å². The molecular weight excluding hydrogens is 731 g/mol. The number of benzene rings is 9. The molecule has 0 atom stereocenters. The summed E-state index contributed by atoms with van der Waals surface area (Å²) in [5, 5.41) is 7.09. The molecule has 0 saturated carbocycles. The first-order chi connectivity index (χ1) is 29.7. The predicted molar refractivity (Wildman–Crippen MR) is 248 cm³/mol. The van der Waals surface area contributed by atoms with Gasteiger partial charge in [-0.25, -0.2) is 9.97 Å². The van der Waals surface area contributed by atoms with Crippen LogP contribution in [0.15, 0.2) is 217 Å². The molecule has 12 rings (SSSR count). The predicted octanol–water partition coefficient (Wildman–Crippen LogP) is 15.0. The molecule has 0 aliphatic heterocycles. The van der Waals surface area contributed by atoms with E-state index in [9.17, 15) is 0 Å². The van der Waals surface area contributed by atoms with E-state index in [1.54, 1.807) is 0 Å². The van der Waals surface area contributed by atoms with E-state index in [1.807, 2.05) is 48.5 Å². The van der Waals surface area contributed by atoms with Gasteiger partial charge in [0.2, 0.25) is 0 Å².